The van der Waals surface area contributed by atoms with Crippen LogP contribution in [0, 0.1) is 5.92 Å². The number of hydrogen-bond acceptors (Lipinski definition) is 3. The highest BCUT2D eigenvalue weighted by atomic mass is 16.5. The molecule has 0 atom stereocenters. The second kappa shape index (κ2) is 7.72. The van der Waals surface area contributed by atoms with Crippen molar-refractivity contribution in [3.05, 3.63) is 66.7 Å². The normalized spacial score (nSPS) is 13.2. The molecule has 0 spiro atoms. The second-order valence-electron chi connectivity index (χ2n) is 7.06. The average molecular weight is 374 g/mol. The van der Waals surface area contributed by atoms with Crippen LogP contribution in [0.25, 0.3) is 10.8 Å². The fourth-order valence-corrected chi connectivity index (χ4v) is 3.02. The Morgan fingerprint density at radius 1 is 1.00 bits per heavy atom. The van der Waals surface area contributed by atoms with Crippen LogP contribution < -0.4 is 15.0 Å². The first-order chi connectivity index (χ1) is 13.6. The van der Waals surface area contributed by atoms with Crippen molar-refractivity contribution in [2.24, 2.45) is 5.92 Å². The summed E-state index contributed by atoms with van der Waals surface area (Å²) in [5, 5.41) is 5.10. The third-order valence-electron chi connectivity index (χ3n) is 4.91. The third kappa shape index (κ3) is 4.14. The Hall–Kier alpha value is -3.34. The van der Waals surface area contributed by atoms with Crippen molar-refractivity contribution in [3.8, 4) is 5.75 Å². The molecule has 3 aromatic rings. The van der Waals surface area contributed by atoms with Crippen LogP contribution in [0.4, 0.5) is 11.4 Å². The molecule has 5 heteroatoms. The fourth-order valence-electron chi connectivity index (χ4n) is 3.02. The quantitative estimate of drug-likeness (QED) is 0.702. The van der Waals surface area contributed by atoms with Crippen molar-refractivity contribution in [1.29, 1.82) is 0 Å². The van der Waals surface area contributed by atoms with E-state index in [1.807, 2.05) is 48.5 Å². The molecule has 0 aromatic heterocycles. The van der Waals surface area contributed by atoms with E-state index in [4.69, 9.17) is 4.74 Å². The van der Waals surface area contributed by atoms with Crippen LogP contribution in [0.2, 0.25) is 0 Å². The molecule has 5 nitrogen and oxygen atoms in total. The summed E-state index contributed by atoms with van der Waals surface area (Å²) in [6.45, 7) is -0.0800. The summed E-state index contributed by atoms with van der Waals surface area (Å²) in [5.74, 6) is 0.586. The molecule has 4 rings (SSSR count). The van der Waals surface area contributed by atoms with E-state index in [0.717, 1.165) is 29.3 Å². The van der Waals surface area contributed by atoms with Crippen molar-refractivity contribution < 1.29 is 14.3 Å². The van der Waals surface area contributed by atoms with E-state index in [0.29, 0.717) is 11.4 Å². The Morgan fingerprint density at radius 3 is 2.57 bits per heavy atom. The number of amides is 2. The minimum Gasteiger partial charge on any atom is -0.484 e. The zero-order chi connectivity index (χ0) is 19.5. The number of benzene rings is 3. The molecule has 28 heavy (non-hydrogen) atoms. The number of rotatable bonds is 6. The maximum Gasteiger partial charge on any atom is 0.264 e. The molecular formula is C23H22N2O3. The lowest BCUT2D eigenvalue weighted by molar-refractivity contribution is -0.120. The molecule has 1 aliphatic carbocycles. The smallest absolute Gasteiger partial charge is 0.264 e. The number of carbonyl (C=O) groups is 2. The Labute approximate surface area is 163 Å². The molecule has 0 saturated heterocycles. The Kier molecular flexibility index (Phi) is 4.98. The van der Waals surface area contributed by atoms with E-state index < -0.39 is 0 Å². The summed E-state index contributed by atoms with van der Waals surface area (Å²) in [7, 11) is 1.74. The monoisotopic (exact) mass is 374 g/mol. The third-order valence-corrected chi connectivity index (χ3v) is 4.91. The molecular weight excluding hydrogens is 352 g/mol. The second-order valence-corrected chi connectivity index (χ2v) is 7.06. The summed E-state index contributed by atoms with van der Waals surface area (Å²) < 4.78 is 5.65. The first kappa shape index (κ1) is 18.0. The van der Waals surface area contributed by atoms with Gasteiger partial charge in [-0.05, 0) is 47.9 Å². The van der Waals surface area contributed by atoms with Gasteiger partial charge >= 0.3 is 0 Å². The summed E-state index contributed by atoms with van der Waals surface area (Å²) in [6.07, 6.45) is 1.91. The van der Waals surface area contributed by atoms with Crippen LogP contribution >= 0.6 is 0 Å². The highest BCUT2D eigenvalue weighted by Crippen LogP contribution is 2.30. The summed E-state index contributed by atoms with van der Waals surface area (Å²) in [6, 6.07) is 21.1. The number of anilines is 2. The molecule has 0 unspecified atom stereocenters. The van der Waals surface area contributed by atoms with Crippen LogP contribution in [0.15, 0.2) is 66.7 Å². The van der Waals surface area contributed by atoms with Gasteiger partial charge in [0.25, 0.3) is 5.91 Å². The van der Waals surface area contributed by atoms with Crippen LogP contribution in [0.1, 0.15) is 12.8 Å². The molecule has 0 aliphatic heterocycles. The van der Waals surface area contributed by atoms with Crippen molar-refractivity contribution in [2.45, 2.75) is 12.8 Å². The lowest BCUT2D eigenvalue weighted by atomic mass is 10.1. The van der Waals surface area contributed by atoms with Gasteiger partial charge < -0.3 is 15.0 Å². The first-order valence-corrected chi connectivity index (χ1v) is 9.39. The van der Waals surface area contributed by atoms with Gasteiger partial charge in [0.1, 0.15) is 5.75 Å². The summed E-state index contributed by atoms with van der Waals surface area (Å²) in [4.78, 5) is 26.0. The van der Waals surface area contributed by atoms with Gasteiger partial charge in [-0.1, -0.05) is 36.4 Å². The largest absolute Gasteiger partial charge is 0.484 e. The number of nitrogens with one attached hydrogen (secondary N) is 1. The van der Waals surface area contributed by atoms with Gasteiger partial charge in [-0.2, -0.15) is 0 Å². The molecule has 3 aromatic carbocycles. The van der Waals surface area contributed by atoms with Crippen molar-refractivity contribution in [1.82, 2.24) is 0 Å². The Balaban J connectivity index is 1.38. The Morgan fingerprint density at radius 2 is 1.79 bits per heavy atom. The minimum atomic E-state index is -0.150. The van der Waals surface area contributed by atoms with E-state index in [-0.39, 0.29) is 24.3 Å². The lowest BCUT2D eigenvalue weighted by Gasteiger charge is -2.18. The van der Waals surface area contributed by atoms with Gasteiger partial charge in [0.2, 0.25) is 5.91 Å². The van der Waals surface area contributed by atoms with Gasteiger partial charge in [-0.25, -0.2) is 0 Å². The molecule has 142 valence electrons. The molecule has 1 aliphatic rings. The fraction of sp³-hybridized carbons (Fsp3) is 0.217. The zero-order valence-corrected chi connectivity index (χ0v) is 15.7. The van der Waals surface area contributed by atoms with E-state index >= 15 is 0 Å². The van der Waals surface area contributed by atoms with Gasteiger partial charge in [-0.15, -0.1) is 0 Å². The SMILES string of the molecule is CN(C(=O)COc1cccc(NC(=O)C2CC2)c1)c1ccc2ccccc2c1. The van der Waals surface area contributed by atoms with E-state index in [9.17, 15) is 9.59 Å². The van der Waals surface area contributed by atoms with Gasteiger partial charge in [-0.3, -0.25) is 9.59 Å². The van der Waals surface area contributed by atoms with Crippen molar-refractivity contribution in [2.75, 3.05) is 23.9 Å². The number of nitrogens with zero attached hydrogens (tertiary/aromatic N) is 1. The van der Waals surface area contributed by atoms with Gasteiger partial charge in [0.15, 0.2) is 6.61 Å². The standard InChI is InChI=1S/C23H22N2O3/c1-25(20-12-11-16-5-2-3-6-18(16)13-20)22(26)15-28-21-8-4-7-19(14-21)24-23(27)17-9-10-17/h2-8,11-14,17H,9-10,15H2,1H3,(H,24,27). The molecule has 0 heterocycles. The number of likely N-dealkylation sites (N-methyl/N-ethyl adjacent to an activating group) is 1. The number of hydrogen-bond donors (Lipinski definition) is 1. The lowest BCUT2D eigenvalue weighted by Crippen LogP contribution is -2.31. The topological polar surface area (TPSA) is 58.6 Å². The maximum absolute atomic E-state index is 12.5. The van der Waals surface area contributed by atoms with Gasteiger partial charge in [0.05, 0.1) is 0 Å². The average Bonchev–Trinajstić information content (AvgIpc) is 3.57. The van der Waals surface area contributed by atoms with E-state index in [1.54, 1.807) is 30.1 Å². The summed E-state index contributed by atoms with van der Waals surface area (Å²) >= 11 is 0. The number of carbonyl (C=O) groups excluding carboxylic acids is 2. The minimum absolute atomic E-state index is 0.0456. The van der Waals surface area contributed by atoms with Crippen LogP contribution in [0.3, 0.4) is 0 Å². The zero-order valence-electron chi connectivity index (χ0n) is 15.7. The Bertz CT molecular complexity index is 1030. The molecule has 1 fully saturated rings. The predicted octanol–water partition coefficient (Wildman–Crippen LogP) is 4.23. The van der Waals surface area contributed by atoms with E-state index in [2.05, 4.69) is 5.32 Å². The highest BCUT2D eigenvalue weighted by molar-refractivity contribution is 5.97. The molecule has 1 N–H and O–H groups in total. The number of fused-ring (bicyclic) bond motifs is 1. The van der Waals surface area contributed by atoms with Crippen molar-refractivity contribution >= 4 is 34.0 Å². The van der Waals surface area contributed by atoms with Crippen LogP contribution in [-0.4, -0.2) is 25.5 Å². The first-order valence-electron chi connectivity index (χ1n) is 9.39. The van der Waals surface area contributed by atoms with E-state index in [1.165, 1.54) is 0 Å². The molecule has 2 amide bonds. The maximum atomic E-state index is 12.5. The van der Waals surface area contributed by atoms with Crippen LogP contribution in [-0.2, 0) is 9.59 Å². The molecule has 0 bridgehead atoms. The van der Waals surface area contributed by atoms with Crippen molar-refractivity contribution in [3.63, 3.8) is 0 Å². The van der Waals surface area contributed by atoms with Crippen LogP contribution in [0.5, 0.6) is 5.75 Å². The van der Waals surface area contributed by atoms with Gasteiger partial charge in [0, 0.05) is 30.4 Å². The summed E-state index contributed by atoms with van der Waals surface area (Å²) in [5.41, 5.74) is 1.50. The highest BCUT2D eigenvalue weighted by Gasteiger charge is 2.29. The molecule has 1 saturated carbocycles. The molecule has 0 radical (unpaired) electrons. The number of ether oxygens (including phenoxy) is 1. The predicted molar refractivity (Wildman–Crippen MR) is 111 cm³/mol.